The maximum absolute atomic E-state index is 11.0. The van der Waals surface area contributed by atoms with Crippen LogP contribution in [0.5, 0.6) is 5.75 Å². The number of ether oxygens (including phenoxy) is 1. The van der Waals surface area contributed by atoms with E-state index >= 15 is 0 Å². The van der Waals surface area contributed by atoms with E-state index < -0.39 is 0 Å². The minimum atomic E-state index is 0.142. The van der Waals surface area contributed by atoms with Crippen LogP contribution in [0.1, 0.15) is 42.6 Å². The van der Waals surface area contributed by atoms with Gasteiger partial charge in [-0.25, -0.2) is 0 Å². The van der Waals surface area contributed by atoms with Crippen LogP contribution in [0, 0.1) is 6.92 Å². The number of carbonyl (C=O) groups excluding carboxylic acids is 1. The summed E-state index contributed by atoms with van der Waals surface area (Å²) in [6.45, 7) is 6.10. The fourth-order valence-electron chi connectivity index (χ4n) is 1.67. The summed E-state index contributed by atoms with van der Waals surface area (Å²) in [7, 11) is 0. The molecule has 1 rings (SSSR count). The molecule has 0 radical (unpaired) electrons. The molecule has 0 aromatic heterocycles. The number of halogens is 1. The van der Waals surface area contributed by atoms with Crippen LogP contribution in [0.2, 0.25) is 0 Å². The molecule has 1 atom stereocenters. The number of hydrogen-bond acceptors (Lipinski definition) is 2. The van der Waals surface area contributed by atoms with E-state index in [1.165, 1.54) is 0 Å². The average molecular weight is 285 g/mol. The molecular weight excluding hydrogens is 268 g/mol. The quantitative estimate of drug-likeness (QED) is 0.760. The van der Waals surface area contributed by atoms with E-state index in [0.29, 0.717) is 11.3 Å². The van der Waals surface area contributed by atoms with E-state index in [0.717, 1.165) is 29.2 Å². The molecule has 0 bridgehead atoms. The highest BCUT2D eigenvalue weighted by Gasteiger charge is 2.11. The van der Waals surface area contributed by atoms with Gasteiger partial charge in [-0.1, -0.05) is 29.3 Å². The highest BCUT2D eigenvalue weighted by Crippen LogP contribution is 2.28. The Kier molecular flexibility index (Phi) is 5.00. The Hall–Kier alpha value is -0.830. The van der Waals surface area contributed by atoms with Crippen molar-refractivity contribution in [2.75, 3.05) is 0 Å². The summed E-state index contributed by atoms with van der Waals surface area (Å²) in [5, 5.41) is 0. The highest BCUT2D eigenvalue weighted by molar-refractivity contribution is 9.10. The summed E-state index contributed by atoms with van der Waals surface area (Å²) in [4.78, 5) is 11.0. The lowest BCUT2D eigenvalue weighted by Crippen LogP contribution is -2.13. The predicted molar refractivity (Wildman–Crippen MR) is 69.3 cm³/mol. The van der Waals surface area contributed by atoms with Gasteiger partial charge in [-0.15, -0.1) is 0 Å². The zero-order valence-corrected chi connectivity index (χ0v) is 11.5. The second kappa shape index (κ2) is 6.04. The van der Waals surface area contributed by atoms with Gasteiger partial charge in [-0.2, -0.15) is 0 Å². The average Bonchev–Trinajstić information content (AvgIpc) is 2.22. The second-order valence-electron chi connectivity index (χ2n) is 3.98. The van der Waals surface area contributed by atoms with Gasteiger partial charge < -0.3 is 4.74 Å². The van der Waals surface area contributed by atoms with Gasteiger partial charge in [0.1, 0.15) is 5.75 Å². The Balaban J connectivity index is 2.98. The van der Waals surface area contributed by atoms with Gasteiger partial charge in [0.05, 0.1) is 11.7 Å². The lowest BCUT2D eigenvalue weighted by atomic mass is 10.1. The number of rotatable bonds is 5. The van der Waals surface area contributed by atoms with Gasteiger partial charge in [0, 0.05) is 4.47 Å². The molecule has 0 N–H and O–H groups in total. The lowest BCUT2D eigenvalue weighted by Gasteiger charge is -2.17. The minimum absolute atomic E-state index is 0.142. The van der Waals surface area contributed by atoms with Crippen molar-refractivity contribution < 1.29 is 9.53 Å². The fourth-order valence-corrected chi connectivity index (χ4v) is 2.26. The monoisotopic (exact) mass is 284 g/mol. The lowest BCUT2D eigenvalue weighted by molar-refractivity contribution is 0.111. The summed E-state index contributed by atoms with van der Waals surface area (Å²) in [6, 6.07) is 3.75. The Bertz CT molecular complexity index is 374. The van der Waals surface area contributed by atoms with Crippen molar-refractivity contribution in [1.82, 2.24) is 0 Å². The smallest absolute Gasteiger partial charge is 0.153 e. The molecule has 1 aromatic rings. The Morgan fingerprint density at radius 1 is 1.50 bits per heavy atom. The number of aryl methyl sites for hydroxylation is 1. The van der Waals surface area contributed by atoms with Gasteiger partial charge in [0.25, 0.3) is 0 Å². The molecule has 0 saturated carbocycles. The van der Waals surface area contributed by atoms with E-state index in [1.54, 1.807) is 6.07 Å². The SMILES string of the molecule is CCCC(C)Oc1c(C)cc(Br)cc1C=O. The van der Waals surface area contributed by atoms with Gasteiger partial charge in [0.2, 0.25) is 0 Å². The van der Waals surface area contributed by atoms with Crippen LogP contribution in [0.25, 0.3) is 0 Å². The van der Waals surface area contributed by atoms with Crippen molar-refractivity contribution in [1.29, 1.82) is 0 Å². The summed E-state index contributed by atoms with van der Waals surface area (Å²) in [5.74, 6) is 0.708. The summed E-state index contributed by atoms with van der Waals surface area (Å²) in [5.41, 5.74) is 1.59. The zero-order chi connectivity index (χ0) is 12.1. The molecule has 2 nitrogen and oxygen atoms in total. The normalized spacial score (nSPS) is 12.2. The number of carbonyl (C=O) groups is 1. The highest BCUT2D eigenvalue weighted by atomic mass is 79.9. The summed E-state index contributed by atoms with van der Waals surface area (Å²) >= 11 is 3.37. The third-order valence-electron chi connectivity index (χ3n) is 2.41. The third kappa shape index (κ3) is 3.34. The van der Waals surface area contributed by atoms with Crippen LogP contribution < -0.4 is 4.74 Å². The van der Waals surface area contributed by atoms with Gasteiger partial charge in [0.15, 0.2) is 6.29 Å². The largest absolute Gasteiger partial charge is 0.490 e. The molecule has 0 aliphatic heterocycles. The number of benzene rings is 1. The molecule has 3 heteroatoms. The van der Waals surface area contributed by atoms with Crippen LogP contribution in [-0.2, 0) is 0 Å². The molecule has 0 saturated heterocycles. The molecule has 0 fully saturated rings. The topological polar surface area (TPSA) is 26.3 Å². The molecule has 1 aromatic carbocycles. The predicted octanol–water partition coefficient (Wildman–Crippen LogP) is 4.14. The van der Waals surface area contributed by atoms with E-state index in [-0.39, 0.29) is 6.10 Å². The van der Waals surface area contributed by atoms with Crippen molar-refractivity contribution in [3.8, 4) is 5.75 Å². The summed E-state index contributed by atoms with van der Waals surface area (Å²) < 4.78 is 6.72. The van der Waals surface area contributed by atoms with Crippen LogP contribution in [0.4, 0.5) is 0 Å². The maximum atomic E-state index is 11.0. The van der Waals surface area contributed by atoms with Crippen LogP contribution >= 0.6 is 15.9 Å². The van der Waals surface area contributed by atoms with Crippen molar-refractivity contribution in [3.05, 3.63) is 27.7 Å². The zero-order valence-electron chi connectivity index (χ0n) is 9.92. The molecule has 16 heavy (non-hydrogen) atoms. The van der Waals surface area contributed by atoms with E-state index in [4.69, 9.17) is 4.74 Å². The molecule has 0 aliphatic rings. The van der Waals surface area contributed by atoms with Crippen molar-refractivity contribution >= 4 is 22.2 Å². The molecule has 0 heterocycles. The van der Waals surface area contributed by atoms with Gasteiger partial charge >= 0.3 is 0 Å². The Morgan fingerprint density at radius 3 is 2.75 bits per heavy atom. The Labute approximate surface area is 105 Å². The molecule has 1 unspecified atom stereocenters. The van der Waals surface area contributed by atoms with Gasteiger partial charge in [-0.05, 0) is 38.0 Å². The first-order valence-corrected chi connectivity index (χ1v) is 6.29. The van der Waals surface area contributed by atoms with Crippen LogP contribution in [-0.4, -0.2) is 12.4 Å². The van der Waals surface area contributed by atoms with E-state index in [9.17, 15) is 4.79 Å². The molecular formula is C13H17BrO2. The van der Waals surface area contributed by atoms with E-state index in [2.05, 4.69) is 22.9 Å². The maximum Gasteiger partial charge on any atom is 0.153 e. The first kappa shape index (κ1) is 13.2. The molecule has 88 valence electrons. The van der Waals surface area contributed by atoms with Crippen molar-refractivity contribution in [2.24, 2.45) is 0 Å². The van der Waals surface area contributed by atoms with Gasteiger partial charge in [-0.3, -0.25) is 4.79 Å². The van der Waals surface area contributed by atoms with Crippen molar-refractivity contribution in [3.63, 3.8) is 0 Å². The van der Waals surface area contributed by atoms with E-state index in [1.807, 2.05) is 19.9 Å². The first-order valence-electron chi connectivity index (χ1n) is 5.50. The number of aldehydes is 1. The third-order valence-corrected chi connectivity index (χ3v) is 2.87. The van der Waals surface area contributed by atoms with Crippen LogP contribution in [0.15, 0.2) is 16.6 Å². The first-order chi connectivity index (χ1) is 7.58. The fraction of sp³-hybridized carbons (Fsp3) is 0.462. The standard InChI is InChI=1S/C13H17BrO2/c1-4-5-10(3)16-13-9(2)6-12(14)7-11(13)8-15/h6-8,10H,4-5H2,1-3H3. The van der Waals surface area contributed by atoms with Crippen LogP contribution in [0.3, 0.4) is 0 Å². The second-order valence-corrected chi connectivity index (χ2v) is 4.89. The Morgan fingerprint density at radius 2 is 2.19 bits per heavy atom. The molecule has 0 amide bonds. The molecule has 0 aliphatic carbocycles. The summed E-state index contributed by atoms with van der Waals surface area (Å²) in [6.07, 6.45) is 3.05. The molecule has 0 spiro atoms. The van der Waals surface area contributed by atoms with Crippen molar-refractivity contribution in [2.45, 2.75) is 39.7 Å². The minimum Gasteiger partial charge on any atom is -0.490 e. The number of hydrogen-bond donors (Lipinski definition) is 0.